The molecule has 140 valence electrons. The summed E-state index contributed by atoms with van der Waals surface area (Å²) in [6.45, 7) is 5.97. The van der Waals surface area contributed by atoms with Crippen molar-refractivity contribution >= 4 is 17.6 Å². The lowest BCUT2D eigenvalue weighted by Gasteiger charge is -2.17. The average Bonchev–Trinajstić information content (AvgIpc) is 3.16. The second kappa shape index (κ2) is 10.2. The summed E-state index contributed by atoms with van der Waals surface area (Å²) in [6, 6.07) is 11.0. The van der Waals surface area contributed by atoms with E-state index < -0.39 is 0 Å². The van der Waals surface area contributed by atoms with Gasteiger partial charge in [0, 0.05) is 25.4 Å². The smallest absolute Gasteiger partial charge is 0.291 e. The van der Waals surface area contributed by atoms with E-state index in [0.717, 1.165) is 18.1 Å². The van der Waals surface area contributed by atoms with E-state index in [1.165, 1.54) is 6.26 Å². The molecule has 1 atom stereocenters. The van der Waals surface area contributed by atoms with Crippen molar-refractivity contribution < 1.29 is 13.9 Å². The highest BCUT2D eigenvalue weighted by molar-refractivity contribution is 6.02. The van der Waals surface area contributed by atoms with Crippen molar-refractivity contribution in [3.8, 4) is 0 Å². The molecule has 0 aliphatic heterocycles. The maximum atomic E-state index is 11.9. The van der Waals surface area contributed by atoms with Gasteiger partial charge in [0.2, 0.25) is 0 Å². The van der Waals surface area contributed by atoms with Crippen molar-refractivity contribution in [2.75, 3.05) is 25.6 Å². The molecule has 0 spiro atoms. The number of guanidine groups is 1. The number of ether oxygens (including phenoxy) is 1. The number of nitrogens with zero attached hydrogens (tertiary/aromatic N) is 1. The molecule has 0 radical (unpaired) electrons. The van der Waals surface area contributed by atoms with Crippen LogP contribution in [-0.4, -0.2) is 38.2 Å². The monoisotopic (exact) mass is 358 g/mol. The van der Waals surface area contributed by atoms with Gasteiger partial charge >= 0.3 is 0 Å². The lowest BCUT2D eigenvalue weighted by Crippen LogP contribution is -2.43. The van der Waals surface area contributed by atoms with Crippen molar-refractivity contribution in [3.05, 3.63) is 54.0 Å². The zero-order chi connectivity index (χ0) is 18.8. The van der Waals surface area contributed by atoms with Gasteiger partial charge < -0.3 is 25.1 Å². The SMILES string of the molecule is CCNC(=NCc1ccc(NC(=O)c2ccco2)cc1)NC(C)COC. The highest BCUT2D eigenvalue weighted by atomic mass is 16.5. The first-order valence-corrected chi connectivity index (χ1v) is 8.60. The number of hydrogen-bond donors (Lipinski definition) is 3. The van der Waals surface area contributed by atoms with Gasteiger partial charge in [-0.2, -0.15) is 0 Å². The standard InChI is InChI=1S/C19H26N4O3/c1-4-20-19(22-14(2)13-25-3)21-12-15-7-9-16(10-8-15)23-18(24)17-6-5-11-26-17/h5-11,14H,4,12-13H2,1-3H3,(H,23,24)(H2,20,21,22). The van der Waals surface area contributed by atoms with E-state index in [-0.39, 0.29) is 17.7 Å². The minimum absolute atomic E-state index is 0.164. The second-order valence-corrected chi connectivity index (χ2v) is 5.82. The van der Waals surface area contributed by atoms with Gasteiger partial charge in [-0.3, -0.25) is 4.79 Å². The van der Waals surface area contributed by atoms with Crippen molar-refractivity contribution in [2.45, 2.75) is 26.4 Å². The quantitative estimate of drug-likeness (QED) is 0.499. The summed E-state index contributed by atoms with van der Waals surface area (Å²) in [5.74, 6) is 0.754. The Kier molecular flexibility index (Phi) is 7.70. The Bertz CT molecular complexity index is 696. The number of aliphatic imine (C=N–C) groups is 1. The molecule has 2 rings (SSSR count). The van der Waals surface area contributed by atoms with E-state index >= 15 is 0 Å². The predicted molar refractivity (Wildman–Crippen MR) is 102 cm³/mol. The van der Waals surface area contributed by atoms with Gasteiger partial charge in [0.05, 0.1) is 19.4 Å². The van der Waals surface area contributed by atoms with Crippen LogP contribution >= 0.6 is 0 Å². The van der Waals surface area contributed by atoms with Crippen LogP contribution in [0.25, 0.3) is 0 Å². The van der Waals surface area contributed by atoms with Crippen molar-refractivity contribution in [1.82, 2.24) is 10.6 Å². The van der Waals surface area contributed by atoms with Gasteiger partial charge in [-0.25, -0.2) is 4.99 Å². The fourth-order valence-corrected chi connectivity index (χ4v) is 2.31. The molecule has 7 nitrogen and oxygen atoms in total. The number of benzene rings is 1. The number of anilines is 1. The Morgan fingerprint density at radius 3 is 2.65 bits per heavy atom. The molecule has 1 unspecified atom stereocenters. The van der Waals surface area contributed by atoms with Crippen LogP contribution in [-0.2, 0) is 11.3 Å². The molecule has 26 heavy (non-hydrogen) atoms. The number of amides is 1. The van der Waals surface area contributed by atoms with Crippen LogP contribution in [0, 0.1) is 0 Å². The third-order valence-electron chi connectivity index (χ3n) is 3.52. The number of hydrogen-bond acceptors (Lipinski definition) is 4. The van der Waals surface area contributed by atoms with Crippen LogP contribution in [0.1, 0.15) is 30.0 Å². The molecule has 0 saturated heterocycles. The first-order valence-electron chi connectivity index (χ1n) is 8.60. The number of carbonyl (C=O) groups is 1. The minimum atomic E-state index is -0.272. The molecule has 0 saturated carbocycles. The molecule has 2 aromatic rings. The van der Waals surface area contributed by atoms with E-state index in [9.17, 15) is 4.79 Å². The molecule has 1 aromatic carbocycles. The normalized spacial score (nSPS) is 12.5. The van der Waals surface area contributed by atoms with E-state index in [4.69, 9.17) is 9.15 Å². The highest BCUT2D eigenvalue weighted by Gasteiger charge is 2.08. The van der Waals surface area contributed by atoms with E-state index in [1.807, 2.05) is 38.1 Å². The summed E-state index contributed by atoms with van der Waals surface area (Å²) in [5.41, 5.74) is 1.75. The number of carbonyl (C=O) groups excluding carboxylic acids is 1. The van der Waals surface area contributed by atoms with Crippen molar-refractivity contribution in [3.63, 3.8) is 0 Å². The molecule has 0 fully saturated rings. The molecule has 0 aliphatic carbocycles. The number of methoxy groups -OCH3 is 1. The maximum Gasteiger partial charge on any atom is 0.291 e. The third kappa shape index (κ3) is 6.25. The average molecular weight is 358 g/mol. The van der Waals surface area contributed by atoms with Gasteiger partial charge in [-0.1, -0.05) is 12.1 Å². The van der Waals surface area contributed by atoms with Crippen LogP contribution in [0.4, 0.5) is 5.69 Å². The summed E-state index contributed by atoms with van der Waals surface area (Å²) in [4.78, 5) is 16.5. The molecular weight excluding hydrogens is 332 g/mol. The lowest BCUT2D eigenvalue weighted by atomic mass is 10.2. The van der Waals surface area contributed by atoms with Crippen molar-refractivity contribution in [2.24, 2.45) is 4.99 Å². The molecule has 7 heteroatoms. The first kappa shape index (κ1) is 19.5. The largest absolute Gasteiger partial charge is 0.459 e. The molecule has 1 amide bonds. The number of nitrogens with one attached hydrogen (secondary N) is 3. The Balaban J connectivity index is 1.93. The fourth-order valence-electron chi connectivity index (χ4n) is 2.31. The molecule has 1 aromatic heterocycles. The fraction of sp³-hybridized carbons (Fsp3) is 0.368. The zero-order valence-corrected chi connectivity index (χ0v) is 15.4. The van der Waals surface area contributed by atoms with Gasteiger partial charge in [0.1, 0.15) is 0 Å². The predicted octanol–water partition coefficient (Wildman–Crippen LogP) is 2.62. The summed E-state index contributed by atoms with van der Waals surface area (Å²) < 4.78 is 10.2. The number of furan rings is 1. The van der Waals surface area contributed by atoms with Gasteiger partial charge in [-0.05, 0) is 43.7 Å². The molecule has 0 bridgehead atoms. The molecule has 1 heterocycles. The lowest BCUT2D eigenvalue weighted by molar-refractivity contribution is 0.0996. The van der Waals surface area contributed by atoms with E-state index in [0.29, 0.717) is 18.8 Å². The van der Waals surface area contributed by atoms with Crippen LogP contribution in [0.15, 0.2) is 52.1 Å². The van der Waals surface area contributed by atoms with E-state index in [2.05, 4.69) is 20.9 Å². The van der Waals surface area contributed by atoms with Gasteiger partial charge in [-0.15, -0.1) is 0 Å². The molecule has 3 N–H and O–H groups in total. The Morgan fingerprint density at radius 1 is 1.27 bits per heavy atom. The van der Waals surface area contributed by atoms with Crippen LogP contribution in [0.3, 0.4) is 0 Å². The first-order chi connectivity index (χ1) is 12.6. The van der Waals surface area contributed by atoms with Crippen molar-refractivity contribution in [1.29, 1.82) is 0 Å². The summed E-state index contributed by atoms with van der Waals surface area (Å²) in [5, 5.41) is 9.29. The van der Waals surface area contributed by atoms with Gasteiger partial charge in [0.15, 0.2) is 11.7 Å². The van der Waals surface area contributed by atoms with Crippen LogP contribution in [0.5, 0.6) is 0 Å². The van der Waals surface area contributed by atoms with Crippen LogP contribution < -0.4 is 16.0 Å². The van der Waals surface area contributed by atoms with E-state index in [1.54, 1.807) is 19.2 Å². The topological polar surface area (TPSA) is 87.9 Å². The summed E-state index contributed by atoms with van der Waals surface area (Å²) >= 11 is 0. The number of rotatable bonds is 8. The highest BCUT2D eigenvalue weighted by Crippen LogP contribution is 2.12. The van der Waals surface area contributed by atoms with Crippen LogP contribution in [0.2, 0.25) is 0 Å². The maximum absolute atomic E-state index is 11.9. The summed E-state index contributed by atoms with van der Waals surface area (Å²) in [7, 11) is 1.68. The Labute approximate surface area is 153 Å². The zero-order valence-electron chi connectivity index (χ0n) is 15.4. The Hall–Kier alpha value is -2.80. The third-order valence-corrected chi connectivity index (χ3v) is 3.52. The Morgan fingerprint density at radius 2 is 2.04 bits per heavy atom. The molecular formula is C19H26N4O3. The molecule has 0 aliphatic rings. The second-order valence-electron chi connectivity index (χ2n) is 5.82. The summed E-state index contributed by atoms with van der Waals surface area (Å²) in [6.07, 6.45) is 1.47. The van der Waals surface area contributed by atoms with Gasteiger partial charge in [0.25, 0.3) is 5.91 Å². The minimum Gasteiger partial charge on any atom is -0.459 e.